The fraction of sp³-hybridized carbons (Fsp3) is 0.300. The molecular formula is C10H11N3. The second-order valence-corrected chi connectivity index (χ2v) is 3.35. The van der Waals surface area contributed by atoms with Gasteiger partial charge in [0.05, 0.1) is 11.7 Å². The van der Waals surface area contributed by atoms with Gasteiger partial charge in [-0.05, 0) is 12.0 Å². The zero-order valence-electron chi connectivity index (χ0n) is 7.73. The van der Waals surface area contributed by atoms with E-state index in [-0.39, 0.29) is 0 Å². The van der Waals surface area contributed by atoms with Crippen molar-refractivity contribution in [2.24, 2.45) is 0 Å². The van der Waals surface area contributed by atoms with Gasteiger partial charge in [0.25, 0.3) is 0 Å². The van der Waals surface area contributed by atoms with Crippen LogP contribution < -0.4 is 0 Å². The van der Waals surface area contributed by atoms with Gasteiger partial charge in [-0.3, -0.25) is 4.98 Å². The van der Waals surface area contributed by atoms with E-state index < -0.39 is 0 Å². The van der Waals surface area contributed by atoms with Gasteiger partial charge in [0.1, 0.15) is 0 Å². The summed E-state index contributed by atoms with van der Waals surface area (Å²) in [5.74, 6) is 0.438. The highest BCUT2D eigenvalue weighted by molar-refractivity contribution is 5.80. The lowest BCUT2D eigenvalue weighted by Gasteiger charge is -2.06. The Hall–Kier alpha value is -1.51. The molecule has 13 heavy (non-hydrogen) atoms. The van der Waals surface area contributed by atoms with E-state index in [1.54, 1.807) is 6.20 Å². The van der Waals surface area contributed by atoms with Crippen molar-refractivity contribution in [3.63, 3.8) is 0 Å². The van der Waals surface area contributed by atoms with Crippen LogP contribution in [0.5, 0.6) is 0 Å². The van der Waals surface area contributed by atoms with Crippen LogP contribution in [0.15, 0.2) is 24.7 Å². The van der Waals surface area contributed by atoms with Crippen molar-refractivity contribution in [1.29, 1.82) is 0 Å². The lowest BCUT2D eigenvalue weighted by molar-refractivity contribution is 0.860. The summed E-state index contributed by atoms with van der Waals surface area (Å²) < 4.78 is 0. The largest absolute Gasteiger partial charge is 0.264 e. The molecule has 3 heteroatoms. The summed E-state index contributed by atoms with van der Waals surface area (Å²) in [5, 5.41) is 9.05. The number of hydrogen-bond donors (Lipinski definition) is 0. The molecule has 2 aromatic rings. The van der Waals surface area contributed by atoms with E-state index in [0.29, 0.717) is 5.92 Å². The number of fused-ring (bicyclic) bond motifs is 1. The molecule has 0 saturated heterocycles. The average Bonchev–Trinajstić information content (AvgIpc) is 2.17. The summed E-state index contributed by atoms with van der Waals surface area (Å²) in [7, 11) is 0. The number of nitrogens with zero attached hydrogens (tertiary/aromatic N) is 3. The van der Waals surface area contributed by atoms with Gasteiger partial charge >= 0.3 is 0 Å². The molecule has 2 heterocycles. The second kappa shape index (κ2) is 3.09. The minimum atomic E-state index is 0.438. The highest BCUT2D eigenvalue weighted by Gasteiger charge is 2.05. The molecule has 0 aliphatic rings. The SMILES string of the molecule is CC(C)c1cncc2ccnnc12. The number of rotatable bonds is 1. The molecule has 0 unspecified atom stereocenters. The maximum absolute atomic E-state index is 4.17. The summed E-state index contributed by atoms with van der Waals surface area (Å²) in [5.41, 5.74) is 2.12. The summed E-state index contributed by atoms with van der Waals surface area (Å²) >= 11 is 0. The first kappa shape index (κ1) is 8.10. The van der Waals surface area contributed by atoms with E-state index in [2.05, 4.69) is 29.0 Å². The molecule has 0 bridgehead atoms. The van der Waals surface area contributed by atoms with E-state index in [9.17, 15) is 0 Å². The van der Waals surface area contributed by atoms with Gasteiger partial charge < -0.3 is 0 Å². The predicted octanol–water partition coefficient (Wildman–Crippen LogP) is 2.15. The molecular weight excluding hydrogens is 162 g/mol. The first-order valence-corrected chi connectivity index (χ1v) is 4.34. The normalized spacial score (nSPS) is 11.0. The topological polar surface area (TPSA) is 38.7 Å². The molecule has 0 N–H and O–H groups in total. The van der Waals surface area contributed by atoms with Gasteiger partial charge in [0.15, 0.2) is 0 Å². The second-order valence-electron chi connectivity index (χ2n) is 3.35. The average molecular weight is 173 g/mol. The molecule has 0 radical (unpaired) electrons. The van der Waals surface area contributed by atoms with Crippen LogP contribution >= 0.6 is 0 Å². The summed E-state index contributed by atoms with van der Waals surface area (Å²) in [4.78, 5) is 4.17. The van der Waals surface area contributed by atoms with Crippen molar-refractivity contribution >= 4 is 10.9 Å². The van der Waals surface area contributed by atoms with Crippen molar-refractivity contribution < 1.29 is 0 Å². The Morgan fingerprint density at radius 2 is 2.08 bits per heavy atom. The molecule has 0 saturated carbocycles. The highest BCUT2D eigenvalue weighted by Crippen LogP contribution is 2.20. The summed E-state index contributed by atoms with van der Waals surface area (Å²) in [6.07, 6.45) is 5.37. The van der Waals surface area contributed by atoms with Gasteiger partial charge in [-0.25, -0.2) is 0 Å². The number of aromatic nitrogens is 3. The summed E-state index contributed by atoms with van der Waals surface area (Å²) in [6.45, 7) is 4.26. The third-order valence-corrected chi connectivity index (χ3v) is 2.07. The van der Waals surface area contributed by atoms with E-state index >= 15 is 0 Å². The predicted molar refractivity (Wildman–Crippen MR) is 51.4 cm³/mol. The Labute approximate surface area is 76.8 Å². The van der Waals surface area contributed by atoms with Crippen LogP contribution in [-0.2, 0) is 0 Å². The Balaban J connectivity index is 2.76. The first-order valence-electron chi connectivity index (χ1n) is 4.34. The molecule has 66 valence electrons. The Bertz CT molecular complexity index is 418. The van der Waals surface area contributed by atoms with Crippen molar-refractivity contribution in [3.8, 4) is 0 Å². The molecule has 0 fully saturated rings. The summed E-state index contributed by atoms with van der Waals surface area (Å²) in [6, 6.07) is 1.93. The zero-order valence-corrected chi connectivity index (χ0v) is 7.73. The van der Waals surface area contributed by atoms with Crippen LogP contribution in [0, 0.1) is 0 Å². The molecule has 2 aromatic heterocycles. The molecule has 2 rings (SSSR count). The maximum Gasteiger partial charge on any atom is 0.0994 e. The molecule has 0 spiro atoms. The van der Waals surface area contributed by atoms with Crippen LogP contribution in [-0.4, -0.2) is 15.2 Å². The molecule has 0 aromatic carbocycles. The van der Waals surface area contributed by atoms with Crippen molar-refractivity contribution in [2.45, 2.75) is 19.8 Å². The molecule has 0 aliphatic heterocycles. The third-order valence-electron chi connectivity index (χ3n) is 2.07. The van der Waals surface area contributed by atoms with Crippen molar-refractivity contribution in [3.05, 3.63) is 30.2 Å². The molecule has 0 amide bonds. The van der Waals surface area contributed by atoms with E-state index in [4.69, 9.17) is 0 Å². The minimum Gasteiger partial charge on any atom is -0.264 e. The van der Waals surface area contributed by atoms with Crippen LogP contribution in [0.4, 0.5) is 0 Å². The van der Waals surface area contributed by atoms with E-state index in [0.717, 1.165) is 16.5 Å². The van der Waals surface area contributed by atoms with Gasteiger partial charge in [-0.1, -0.05) is 13.8 Å². The van der Waals surface area contributed by atoms with Crippen LogP contribution in [0.1, 0.15) is 25.3 Å². The first-order chi connectivity index (χ1) is 6.29. The molecule has 0 atom stereocenters. The number of pyridine rings is 1. The Kier molecular flexibility index (Phi) is 1.93. The highest BCUT2D eigenvalue weighted by atomic mass is 15.1. The Morgan fingerprint density at radius 1 is 1.23 bits per heavy atom. The van der Waals surface area contributed by atoms with Crippen LogP contribution in [0.25, 0.3) is 10.9 Å². The van der Waals surface area contributed by atoms with E-state index in [1.165, 1.54) is 0 Å². The van der Waals surface area contributed by atoms with E-state index in [1.807, 2.05) is 18.5 Å². The van der Waals surface area contributed by atoms with Crippen molar-refractivity contribution in [2.75, 3.05) is 0 Å². The number of hydrogen-bond acceptors (Lipinski definition) is 3. The fourth-order valence-electron chi connectivity index (χ4n) is 1.35. The van der Waals surface area contributed by atoms with Gasteiger partial charge in [-0.15, -0.1) is 0 Å². The Morgan fingerprint density at radius 3 is 2.85 bits per heavy atom. The van der Waals surface area contributed by atoms with Gasteiger partial charge in [0, 0.05) is 23.3 Å². The van der Waals surface area contributed by atoms with Crippen LogP contribution in [0.2, 0.25) is 0 Å². The minimum absolute atomic E-state index is 0.438. The standard InChI is InChI=1S/C10H11N3/c1-7(2)9-6-11-5-8-3-4-12-13-10(8)9/h3-7H,1-2H3. The lowest BCUT2D eigenvalue weighted by Crippen LogP contribution is -1.94. The maximum atomic E-state index is 4.17. The van der Waals surface area contributed by atoms with Gasteiger partial charge in [-0.2, -0.15) is 10.2 Å². The van der Waals surface area contributed by atoms with Crippen LogP contribution in [0.3, 0.4) is 0 Å². The molecule has 0 aliphatic carbocycles. The monoisotopic (exact) mass is 173 g/mol. The van der Waals surface area contributed by atoms with Gasteiger partial charge in [0.2, 0.25) is 0 Å². The third kappa shape index (κ3) is 1.37. The quantitative estimate of drug-likeness (QED) is 0.663. The van der Waals surface area contributed by atoms with Crippen molar-refractivity contribution in [1.82, 2.24) is 15.2 Å². The molecule has 3 nitrogen and oxygen atoms in total. The zero-order chi connectivity index (χ0) is 9.26. The smallest absolute Gasteiger partial charge is 0.0994 e. The fourth-order valence-corrected chi connectivity index (χ4v) is 1.35. The lowest BCUT2D eigenvalue weighted by atomic mass is 10.0.